The summed E-state index contributed by atoms with van der Waals surface area (Å²) in [4.78, 5) is 20.2. The zero-order valence-corrected chi connectivity index (χ0v) is 19.3. The van der Waals surface area contributed by atoms with E-state index >= 15 is 0 Å². The van der Waals surface area contributed by atoms with Gasteiger partial charge in [-0.25, -0.2) is 0 Å². The van der Waals surface area contributed by atoms with Gasteiger partial charge in [0.25, 0.3) is 7.82 Å². The van der Waals surface area contributed by atoms with Gasteiger partial charge in [-0.2, -0.15) is 0 Å². The van der Waals surface area contributed by atoms with Crippen LogP contribution in [0.25, 0.3) is 11.6 Å². The van der Waals surface area contributed by atoms with Crippen LogP contribution in [0.5, 0.6) is 0 Å². The van der Waals surface area contributed by atoms with Gasteiger partial charge in [-0.15, -0.1) is 0 Å². The summed E-state index contributed by atoms with van der Waals surface area (Å²) in [6, 6.07) is 20.4. The summed E-state index contributed by atoms with van der Waals surface area (Å²) in [6.07, 6.45) is 10.3. The second-order valence-electron chi connectivity index (χ2n) is 7.97. The van der Waals surface area contributed by atoms with E-state index in [0.717, 1.165) is 23.2 Å². The molecule has 3 aromatic rings. The van der Waals surface area contributed by atoms with E-state index in [4.69, 9.17) is 15.2 Å². The molecule has 2 aromatic carbocycles. The lowest BCUT2D eigenvalue weighted by atomic mass is 10.0. The summed E-state index contributed by atoms with van der Waals surface area (Å²) < 4.78 is 20.8. The molecule has 0 saturated heterocycles. The Hall–Kier alpha value is -3.10. The Morgan fingerprint density at radius 2 is 1.94 bits per heavy atom. The summed E-state index contributed by atoms with van der Waals surface area (Å²) in [5, 5.41) is 4.15. The van der Waals surface area contributed by atoms with Gasteiger partial charge in [0.05, 0.1) is 17.5 Å². The van der Waals surface area contributed by atoms with E-state index in [1.165, 1.54) is 5.56 Å². The van der Waals surface area contributed by atoms with Crippen LogP contribution in [0, 0.1) is 0 Å². The second kappa shape index (κ2) is 10.9. The molecule has 3 unspecified atom stereocenters. The van der Waals surface area contributed by atoms with Crippen LogP contribution >= 0.6 is 7.82 Å². The number of quaternary nitrogens is 1. The standard InChI is InChI=1S/C25H26N3O5P/c26-25-23(10-5-15-28(25)18-32-34(29,30)31)24-17-22(27-33-24)16-21-13-11-20(12-14-21)9-4-8-19-6-2-1-3-7-19/h1-7,9-15,17,25H,8,16,18,26H2,(H2,29,30,31)/b9-4+. The average molecular weight is 479 g/mol. The summed E-state index contributed by atoms with van der Waals surface area (Å²) in [7, 11) is -4.83. The molecule has 0 aliphatic carbocycles. The summed E-state index contributed by atoms with van der Waals surface area (Å²) in [5.41, 5.74) is 11.1. The Morgan fingerprint density at radius 1 is 1.18 bits per heavy atom. The van der Waals surface area contributed by atoms with Gasteiger partial charge in [-0.3, -0.25) is 19.7 Å². The molecule has 1 aromatic heterocycles. The first-order valence-electron chi connectivity index (χ1n) is 10.8. The molecule has 0 radical (unpaired) electrons. The minimum absolute atomic E-state index is 0.334. The van der Waals surface area contributed by atoms with Gasteiger partial charge in [0.15, 0.2) is 18.7 Å². The Morgan fingerprint density at radius 3 is 2.68 bits per heavy atom. The molecule has 8 nitrogen and oxygen atoms in total. The highest BCUT2D eigenvalue weighted by Gasteiger charge is 2.28. The highest BCUT2D eigenvalue weighted by Crippen LogP contribution is 2.29. The molecule has 1 aliphatic rings. The number of hydrogen-bond acceptors (Lipinski definition) is 6. The molecule has 176 valence electrons. The lowest BCUT2D eigenvalue weighted by Crippen LogP contribution is -3.14. The number of phosphoric ester groups is 1. The molecule has 3 atom stereocenters. The Kier molecular flexibility index (Phi) is 7.70. The predicted octanol–water partition coefficient (Wildman–Crippen LogP) is 2.04. The third kappa shape index (κ3) is 6.71. The van der Waals surface area contributed by atoms with Crippen molar-refractivity contribution in [2.75, 3.05) is 6.73 Å². The summed E-state index contributed by atoms with van der Waals surface area (Å²) in [5.74, 6) is 0.499. The van der Waals surface area contributed by atoms with E-state index in [1.54, 1.807) is 18.4 Å². The molecule has 4 rings (SSSR count). The van der Waals surface area contributed by atoms with Gasteiger partial charge >= 0.3 is 0 Å². The van der Waals surface area contributed by atoms with E-state index in [1.807, 2.05) is 24.3 Å². The lowest BCUT2D eigenvalue weighted by Gasteiger charge is -2.26. The summed E-state index contributed by atoms with van der Waals surface area (Å²) >= 11 is 0. The van der Waals surface area contributed by atoms with Crippen LogP contribution in [-0.2, 0) is 21.9 Å². The van der Waals surface area contributed by atoms with E-state index in [2.05, 4.69) is 58.2 Å². The number of nitrogens with one attached hydrogen (secondary N) is 1. The maximum Gasteiger partial charge on any atom is 0.269 e. The number of phosphoric acid groups is 1. The molecule has 4 N–H and O–H groups in total. The minimum atomic E-state index is -4.83. The molecule has 1 aliphatic heterocycles. The Labute approximate surface area is 197 Å². The molecule has 0 saturated carbocycles. The van der Waals surface area contributed by atoms with Crippen LogP contribution in [-0.4, -0.2) is 22.9 Å². The van der Waals surface area contributed by atoms with Crippen molar-refractivity contribution in [1.29, 1.82) is 0 Å². The van der Waals surface area contributed by atoms with Crippen molar-refractivity contribution in [3.05, 3.63) is 113 Å². The quantitative estimate of drug-likeness (QED) is 0.401. The van der Waals surface area contributed by atoms with E-state index in [0.29, 0.717) is 22.7 Å². The number of benzene rings is 2. The zero-order valence-electron chi connectivity index (χ0n) is 18.4. The lowest BCUT2D eigenvalue weighted by molar-refractivity contribution is -0.883. The SMILES string of the molecule is NC1C(c2cc(Cc3ccc(/C=C/Cc4ccccc4)cc3)no2)=CC=C[NH+]1COP(=O)([O-])O. The summed E-state index contributed by atoms with van der Waals surface area (Å²) in [6.45, 7) is -0.334. The first kappa shape index (κ1) is 24.0. The van der Waals surface area contributed by atoms with E-state index in [-0.39, 0.29) is 6.73 Å². The number of aromatic nitrogens is 1. The minimum Gasteiger partial charge on any atom is -0.756 e. The molecular formula is C25H26N3O5P. The molecular weight excluding hydrogens is 453 g/mol. The van der Waals surface area contributed by atoms with Crippen molar-refractivity contribution in [3.8, 4) is 0 Å². The maximum atomic E-state index is 10.9. The van der Waals surface area contributed by atoms with Crippen molar-refractivity contribution in [3.63, 3.8) is 0 Å². The monoisotopic (exact) mass is 479 g/mol. The zero-order chi connectivity index (χ0) is 24.0. The van der Waals surface area contributed by atoms with Crippen LogP contribution in [0.15, 0.2) is 89.6 Å². The van der Waals surface area contributed by atoms with Gasteiger partial charge in [0, 0.05) is 12.5 Å². The first-order chi connectivity index (χ1) is 16.4. The van der Waals surface area contributed by atoms with Crippen LogP contribution in [0.3, 0.4) is 0 Å². The molecule has 9 heteroatoms. The van der Waals surface area contributed by atoms with Gasteiger partial charge in [0.2, 0.25) is 0 Å². The highest BCUT2D eigenvalue weighted by atomic mass is 31.2. The molecule has 0 amide bonds. The van der Waals surface area contributed by atoms with Crippen LogP contribution < -0.4 is 15.5 Å². The van der Waals surface area contributed by atoms with Crippen molar-refractivity contribution >= 4 is 19.5 Å². The fourth-order valence-electron chi connectivity index (χ4n) is 3.64. The Balaban J connectivity index is 1.35. The van der Waals surface area contributed by atoms with Crippen molar-refractivity contribution < 1.29 is 28.3 Å². The fourth-order valence-corrected chi connectivity index (χ4v) is 3.96. The average Bonchev–Trinajstić information content (AvgIpc) is 3.28. The molecule has 2 heterocycles. The first-order valence-corrected chi connectivity index (χ1v) is 12.3. The number of hydrogen-bond donors (Lipinski definition) is 3. The molecule has 0 fully saturated rings. The van der Waals surface area contributed by atoms with Crippen LogP contribution in [0.1, 0.15) is 28.1 Å². The van der Waals surface area contributed by atoms with E-state index in [9.17, 15) is 9.46 Å². The number of nitrogens with two attached hydrogens (primary N) is 1. The fraction of sp³-hybridized carbons (Fsp3) is 0.160. The van der Waals surface area contributed by atoms with Gasteiger partial charge in [-0.05, 0) is 35.3 Å². The maximum absolute atomic E-state index is 10.9. The van der Waals surface area contributed by atoms with E-state index < -0.39 is 14.0 Å². The number of nitrogens with zero attached hydrogens (tertiary/aromatic N) is 1. The third-order valence-corrected chi connectivity index (χ3v) is 5.89. The smallest absolute Gasteiger partial charge is 0.269 e. The van der Waals surface area contributed by atoms with Crippen LogP contribution in [0.2, 0.25) is 0 Å². The highest BCUT2D eigenvalue weighted by molar-refractivity contribution is 7.44. The Bertz CT molecular complexity index is 1230. The van der Waals surface area contributed by atoms with Gasteiger partial charge in [-0.1, -0.05) is 71.9 Å². The topological polar surface area (TPSA) is 126 Å². The second-order valence-corrected chi connectivity index (χ2v) is 9.16. The normalized spacial score (nSPS) is 19.8. The molecule has 0 bridgehead atoms. The third-order valence-electron chi connectivity index (χ3n) is 5.43. The van der Waals surface area contributed by atoms with Gasteiger partial charge < -0.3 is 14.3 Å². The predicted molar refractivity (Wildman–Crippen MR) is 127 cm³/mol. The van der Waals surface area contributed by atoms with Gasteiger partial charge in [0.1, 0.15) is 0 Å². The largest absolute Gasteiger partial charge is 0.756 e. The van der Waals surface area contributed by atoms with Crippen molar-refractivity contribution in [2.24, 2.45) is 5.73 Å². The molecule has 34 heavy (non-hydrogen) atoms. The number of rotatable bonds is 9. The van der Waals surface area contributed by atoms with Crippen LogP contribution in [0.4, 0.5) is 0 Å². The molecule has 0 spiro atoms. The number of allylic oxidation sites excluding steroid dienone is 3. The van der Waals surface area contributed by atoms with Crippen molar-refractivity contribution in [1.82, 2.24) is 5.16 Å². The van der Waals surface area contributed by atoms with Crippen molar-refractivity contribution in [2.45, 2.75) is 19.0 Å².